The van der Waals surface area contributed by atoms with Crippen molar-refractivity contribution in [1.29, 1.82) is 0 Å². The van der Waals surface area contributed by atoms with Crippen LogP contribution in [0.15, 0.2) is 30.3 Å². The molecule has 0 bridgehead atoms. The molecule has 7 heteroatoms. The molecule has 0 atom stereocenters. The molecule has 2 N–H and O–H groups in total. The van der Waals surface area contributed by atoms with E-state index in [-0.39, 0.29) is 11.8 Å². The highest BCUT2D eigenvalue weighted by Gasteiger charge is 2.14. The Morgan fingerprint density at radius 1 is 1.15 bits per heavy atom. The number of nitrogens with one attached hydrogen (secondary N) is 2. The van der Waals surface area contributed by atoms with Crippen LogP contribution in [-0.4, -0.2) is 33.1 Å². The van der Waals surface area contributed by atoms with Crippen LogP contribution in [0, 0.1) is 0 Å². The highest BCUT2D eigenvalue weighted by molar-refractivity contribution is 5.92. The van der Waals surface area contributed by atoms with Gasteiger partial charge in [-0.25, -0.2) is 0 Å². The highest BCUT2D eigenvalue weighted by Crippen LogP contribution is 2.14. The maximum absolute atomic E-state index is 12.0. The van der Waals surface area contributed by atoms with E-state index < -0.39 is 0 Å². The fourth-order valence-corrected chi connectivity index (χ4v) is 3.14. The number of rotatable bonds is 6. The zero-order chi connectivity index (χ0) is 19.1. The Kier molecular flexibility index (Phi) is 6.35. The molecule has 2 aromatic rings. The molecule has 0 aliphatic carbocycles. The molecule has 142 valence electrons. The van der Waals surface area contributed by atoms with Crippen LogP contribution in [0.2, 0.25) is 0 Å². The van der Waals surface area contributed by atoms with Crippen LogP contribution in [0.1, 0.15) is 43.4 Å². The van der Waals surface area contributed by atoms with Crippen molar-refractivity contribution in [3.8, 4) is 0 Å². The van der Waals surface area contributed by atoms with Gasteiger partial charge in [0.25, 0.3) is 0 Å². The van der Waals surface area contributed by atoms with Crippen molar-refractivity contribution in [1.82, 2.24) is 20.1 Å². The molecule has 2 heterocycles. The maximum atomic E-state index is 12.0. The van der Waals surface area contributed by atoms with Crippen LogP contribution in [0.5, 0.6) is 0 Å². The van der Waals surface area contributed by atoms with Crippen molar-refractivity contribution >= 4 is 23.6 Å². The third-order valence-corrected chi connectivity index (χ3v) is 4.49. The smallest absolute Gasteiger partial charge is 0.244 e. The number of aromatic nitrogens is 3. The number of aryl methyl sites for hydroxylation is 1. The number of amides is 2. The van der Waals surface area contributed by atoms with Crippen molar-refractivity contribution < 1.29 is 9.59 Å². The van der Waals surface area contributed by atoms with Gasteiger partial charge >= 0.3 is 0 Å². The summed E-state index contributed by atoms with van der Waals surface area (Å²) >= 11 is 0. The summed E-state index contributed by atoms with van der Waals surface area (Å²) in [5.41, 5.74) is 1.62. The minimum Gasteiger partial charge on any atom is -0.352 e. The lowest BCUT2D eigenvalue weighted by atomic mass is 10.2. The lowest BCUT2D eigenvalue weighted by Crippen LogP contribution is -2.24. The molecule has 1 aliphatic rings. The number of carbonyl (C=O) groups is 2. The van der Waals surface area contributed by atoms with Gasteiger partial charge in [-0.1, -0.05) is 18.6 Å². The van der Waals surface area contributed by atoms with Gasteiger partial charge in [0.15, 0.2) is 0 Å². The van der Waals surface area contributed by atoms with Gasteiger partial charge in [0.05, 0.1) is 0 Å². The van der Waals surface area contributed by atoms with E-state index in [9.17, 15) is 9.59 Å². The Labute approximate surface area is 158 Å². The number of nitrogens with zero attached hydrogens (tertiary/aromatic N) is 3. The average molecular weight is 367 g/mol. The Morgan fingerprint density at radius 2 is 1.96 bits per heavy atom. The SMILES string of the molecule is CC(=O)Nc1ccc(/C=C/C(=O)NCCc2nnc3n2CCCCC3)cc1. The van der Waals surface area contributed by atoms with E-state index in [2.05, 4.69) is 25.4 Å². The summed E-state index contributed by atoms with van der Waals surface area (Å²) in [6, 6.07) is 7.30. The van der Waals surface area contributed by atoms with E-state index in [0.29, 0.717) is 13.0 Å². The van der Waals surface area contributed by atoms with Gasteiger partial charge in [0.2, 0.25) is 11.8 Å². The second-order valence-electron chi connectivity index (χ2n) is 6.67. The van der Waals surface area contributed by atoms with Crippen LogP contribution in [0.25, 0.3) is 6.08 Å². The van der Waals surface area contributed by atoms with Crippen molar-refractivity contribution in [2.45, 2.75) is 45.6 Å². The summed E-state index contributed by atoms with van der Waals surface area (Å²) < 4.78 is 2.20. The van der Waals surface area contributed by atoms with Crippen LogP contribution in [-0.2, 0) is 29.0 Å². The molecule has 0 radical (unpaired) electrons. The summed E-state index contributed by atoms with van der Waals surface area (Å²) in [7, 11) is 0. The lowest BCUT2D eigenvalue weighted by molar-refractivity contribution is -0.116. The Hall–Kier alpha value is -2.96. The van der Waals surface area contributed by atoms with Gasteiger partial charge in [-0.3, -0.25) is 9.59 Å². The third kappa shape index (κ3) is 5.51. The van der Waals surface area contributed by atoms with Crippen molar-refractivity contribution in [3.05, 3.63) is 47.6 Å². The lowest BCUT2D eigenvalue weighted by Gasteiger charge is -2.07. The fraction of sp³-hybridized carbons (Fsp3) is 0.400. The molecule has 2 amide bonds. The van der Waals surface area contributed by atoms with E-state index in [1.807, 2.05) is 12.1 Å². The highest BCUT2D eigenvalue weighted by atomic mass is 16.2. The quantitative estimate of drug-likeness (QED) is 0.767. The number of fused-ring (bicyclic) bond motifs is 1. The molecule has 0 spiro atoms. The molecule has 0 fully saturated rings. The summed E-state index contributed by atoms with van der Waals surface area (Å²) in [6.45, 7) is 2.97. The van der Waals surface area contributed by atoms with Crippen LogP contribution in [0.3, 0.4) is 0 Å². The molecule has 1 aliphatic heterocycles. The maximum Gasteiger partial charge on any atom is 0.244 e. The number of benzene rings is 1. The zero-order valence-electron chi connectivity index (χ0n) is 15.6. The van der Waals surface area contributed by atoms with Crippen molar-refractivity contribution in [2.75, 3.05) is 11.9 Å². The predicted molar refractivity (Wildman–Crippen MR) is 104 cm³/mol. The largest absolute Gasteiger partial charge is 0.352 e. The predicted octanol–water partition coefficient (Wildman–Crippen LogP) is 2.33. The Balaban J connectivity index is 1.46. The first-order valence-corrected chi connectivity index (χ1v) is 9.36. The number of anilines is 1. The summed E-state index contributed by atoms with van der Waals surface area (Å²) in [4.78, 5) is 23.0. The topological polar surface area (TPSA) is 88.9 Å². The zero-order valence-corrected chi connectivity index (χ0v) is 15.6. The molecular formula is C20H25N5O2. The fourth-order valence-electron chi connectivity index (χ4n) is 3.14. The average Bonchev–Trinajstić information content (AvgIpc) is 2.87. The van der Waals surface area contributed by atoms with Crippen molar-refractivity contribution in [2.24, 2.45) is 0 Å². The standard InChI is InChI=1S/C20H25N5O2/c1-15(26)22-17-9-6-16(7-10-17)8-11-20(27)21-13-12-19-24-23-18-5-3-2-4-14-25(18)19/h6-11H,2-5,12-14H2,1H3,(H,21,27)(H,22,26)/b11-8+. The van der Waals surface area contributed by atoms with E-state index in [0.717, 1.165) is 42.3 Å². The second kappa shape index (κ2) is 9.12. The molecular weight excluding hydrogens is 342 g/mol. The monoisotopic (exact) mass is 367 g/mol. The molecule has 3 rings (SSSR count). The molecule has 27 heavy (non-hydrogen) atoms. The molecule has 1 aromatic heterocycles. The van der Waals surface area contributed by atoms with Crippen LogP contribution < -0.4 is 10.6 Å². The molecule has 0 saturated heterocycles. The van der Waals surface area contributed by atoms with E-state index in [1.54, 1.807) is 18.2 Å². The summed E-state index contributed by atoms with van der Waals surface area (Å²) in [5, 5.41) is 14.1. The first-order valence-electron chi connectivity index (χ1n) is 9.36. The van der Waals surface area contributed by atoms with Crippen LogP contribution >= 0.6 is 0 Å². The van der Waals surface area contributed by atoms with E-state index in [4.69, 9.17) is 0 Å². The third-order valence-electron chi connectivity index (χ3n) is 4.49. The Morgan fingerprint density at radius 3 is 2.74 bits per heavy atom. The van der Waals surface area contributed by atoms with E-state index in [1.165, 1.54) is 25.8 Å². The van der Waals surface area contributed by atoms with Gasteiger partial charge in [0.1, 0.15) is 11.6 Å². The van der Waals surface area contributed by atoms with Crippen LogP contribution in [0.4, 0.5) is 5.69 Å². The van der Waals surface area contributed by atoms with Gasteiger partial charge in [-0.05, 0) is 36.6 Å². The first kappa shape index (κ1) is 18.8. The van der Waals surface area contributed by atoms with Gasteiger partial charge in [0, 0.05) is 44.6 Å². The summed E-state index contributed by atoms with van der Waals surface area (Å²) in [6.07, 6.45) is 8.49. The Bertz CT molecular complexity index is 823. The second-order valence-corrected chi connectivity index (χ2v) is 6.67. The number of hydrogen-bond acceptors (Lipinski definition) is 4. The number of hydrogen-bond donors (Lipinski definition) is 2. The van der Waals surface area contributed by atoms with Crippen molar-refractivity contribution in [3.63, 3.8) is 0 Å². The van der Waals surface area contributed by atoms with E-state index >= 15 is 0 Å². The molecule has 0 saturated carbocycles. The molecule has 7 nitrogen and oxygen atoms in total. The van der Waals surface area contributed by atoms with Gasteiger partial charge in [-0.15, -0.1) is 10.2 Å². The minimum absolute atomic E-state index is 0.109. The molecule has 0 unspecified atom stereocenters. The number of carbonyl (C=O) groups excluding carboxylic acids is 2. The minimum atomic E-state index is -0.142. The van der Waals surface area contributed by atoms with Gasteiger partial charge < -0.3 is 15.2 Å². The van der Waals surface area contributed by atoms with Gasteiger partial charge in [-0.2, -0.15) is 0 Å². The normalized spacial score (nSPS) is 13.8. The summed E-state index contributed by atoms with van der Waals surface area (Å²) in [5.74, 6) is 1.76. The first-order chi connectivity index (χ1) is 13.1. The molecule has 1 aromatic carbocycles.